The summed E-state index contributed by atoms with van der Waals surface area (Å²) in [5, 5.41) is 3.71. The van der Waals surface area contributed by atoms with E-state index in [1.54, 1.807) is 7.11 Å². The number of nitrogens with one attached hydrogen (secondary N) is 1. The molecule has 1 heterocycles. The molecule has 0 fully saturated rings. The molecule has 4 rings (SSSR count). The van der Waals surface area contributed by atoms with E-state index in [2.05, 4.69) is 47.8 Å². The van der Waals surface area contributed by atoms with Gasteiger partial charge in [-0.1, -0.05) is 36.4 Å². The normalized spacial score (nSPS) is 23.4. The van der Waals surface area contributed by atoms with Gasteiger partial charge in [0.05, 0.1) is 7.11 Å². The van der Waals surface area contributed by atoms with Crippen molar-refractivity contribution in [3.63, 3.8) is 0 Å². The predicted molar refractivity (Wildman–Crippen MR) is 80.2 cm³/mol. The molecular formula is C18H19NO. The van der Waals surface area contributed by atoms with E-state index in [-0.39, 0.29) is 0 Å². The van der Waals surface area contributed by atoms with Crippen LogP contribution in [0.2, 0.25) is 0 Å². The van der Waals surface area contributed by atoms with Crippen molar-refractivity contribution in [1.29, 1.82) is 0 Å². The quantitative estimate of drug-likeness (QED) is 0.854. The highest BCUT2D eigenvalue weighted by Gasteiger charge is 2.35. The number of benzene rings is 2. The van der Waals surface area contributed by atoms with E-state index in [4.69, 9.17) is 4.74 Å². The van der Waals surface area contributed by atoms with Crippen LogP contribution in [0.15, 0.2) is 42.5 Å². The third kappa shape index (κ3) is 1.68. The fourth-order valence-electron chi connectivity index (χ4n) is 3.86. The van der Waals surface area contributed by atoms with Crippen LogP contribution in [0.5, 0.6) is 5.75 Å². The minimum atomic E-state index is 0.471. The molecule has 0 aromatic heterocycles. The highest BCUT2D eigenvalue weighted by molar-refractivity contribution is 5.51. The molecule has 0 radical (unpaired) electrons. The minimum Gasteiger partial charge on any atom is -0.496 e. The second kappa shape index (κ2) is 4.64. The third-order valence-corrected chi connectivity index (χ3v) is 4.78. The van der Waals surface area contributed by atoms with Gasteiger partial charge in [0.2, 0.25) is 0 Å². The summed E-state index contributed by atoms with van der Waals surface area (Å²) in [7, 11) is 1.77. The van der Waals surface area contributed by atoms with Gasteiger partial charge in [-0.3, -0.25) is 0 Å². The van der Waals surface area contributed by atoms with Crippen molar-refractivity contribution in [2.45, 2.75) is 31.3 Å². The first-order valence-corrected chi connectivity index (χ1v) is 7.35. The molecule has 0 amide bonds. The Morgan fingerprint density at radius 3 is 2.80 bits per heavy atom. The Kier molecular flexibility index (Phi) is 2.78. The Labute approximate surface area is 119 Å². The Morgan fingerprint density at radius 2 is 1.90 bits per heavy atom. The summed E-state index contributed by atoms with van der Waals surface area (Å²) in [5.41, 5.74) is 5.77. The summed E-state index contributed by atoms with van der Waals surface area (Å²) in [6.45, 7) is 0.997. The molecule has 0 bridgehead atoms. The number of hydrogen-bond acceptors (Lipinski definition) is 2. The third-order valence-electron chi connectivity index (χ3n) is 4.78. The Morgan fingerprint density at radius 1 is 1.05 bits per heavy atom. The number of rotatable bonds is 1. The summed E-state index contributed by atoms with van der Waals surface area (Å²) < 4.78 is 5.56. The van der Waals surface area contributed by atoms with Crippen LogP contribution in [-0.2, 0) is 13.0 Å². The average Bonchev–Trinajstić information content (AvgIpc) is 2.53. The molecule has 2 aromatic carbocycles. The van der Waals surface area contributed by atoms with Crippen molar-refractivity contribution >= 4 is 0 Å². The predicted octanol–water partition coefficient (Wildman–Crippen LogP) is 3.25. The first-order valence-electron chi connectivity index (χ1n) is 7.35. The van der Waals surface area contributed by atoms with E-state index in [0.717, 1.165) is 18.7 Å². The van der Waals surface area contributed by atoms with Gasteiger partial charge in [-0.2, -0.15) is 0 Å². The SMILES string of the molecule is COc1cccc2c1CC[C@H]1NCc3ccccc3[C@@H]21. The fraction of sp³-hybridized carbons (Fsp3) is 0.333. The van der Waals surface area contributed by atoms with Crippen LogP contribution in [0.3, 0.4) is 0 Å². The van der Waals surface area contributed by atoms with E-state index in [0.29, 0.717) is 12.0 Å². The van der Waals surface area contributed by atoms with Crippen LogP contribution in [0.1, 0.15) is 34.6 Å². The highest BCUT2D eigenvalue weighted by Crippen LogP contribution is 2.43. The Balaban J connectivity index is 1.90. The second-order valence-electron chi connectivity index (χ2n) is 5.73. The Hall–Kier alpha value is -1.80. The van der Waals surface area contributed by atoms with E-state index in [1.165, 1.54) is 28.7 Å². The molecule has 2 atom stereocenters. The maximum atomic E-state index is 5.56. The molecule has 0 unspecified atom stereocenters. The molecule has 1 aliphatic carbocycles. The lowest BCUT2D eigenvalue weighted by molar-refractivity contribution is 0.373. The average molecular weight is 265 g/mol. The number of ether oxygens (including phenoxy) is 1. The van der Waals surface area contributed by atoms with E-state index in [9.17, 15) is 0 Å². The summed E-state index contributed by atoms with van der Waals surface area (Å²) >= 11 is 0. The molecule has 2 heteroatoms. The summed E-state index contributed by atoms with van der Waals surface area (Å²) in [4.78, 5) is 0. The van der Waals surface area contributed by atoms with Gasteiger partial charge in [-0.05, 0) is 41.2 Å². The van der Waals surface area contributed by atoms with Crippen LogP contribution in [0.4, 0.5) is 0 Å². The lowest BCUT2D eigenvalue weighted by atomic mass is 9.72. The number of fused-ring (bicyclic) bond motifs is 5. The van der Waals surface area contributed by atoms with Gasteiger partial charge in [0.25, 0.3) is 0 Å². The molecule has 2 aliphatic rings. The minimum absolute atomic E-state index is 0.471. The lowest BCUT2D eigenvalue weighted by Crippen LogP contribution is -2.42. The Bertz CT molecular complexity index is 650. The maximum Gasteiger partial charge on any atom is 0.122 e. The summed E-state index contributed by atoms with van der Waals surface area (Å²) in [6, 6.07) is 15.9. The van der Waals surface area contributed by atoms with Gasteiger partial charge in [-0.15, -0.1) is 0 Å². The first-order chi connectivity index (χ1) is 9.88. The molecule has 102 valence electrons. The number of methoxy groups -OCH3 is 1. The molecule has 0 saturated heterocycles. The van der Waals surface area contributed by atoms with Gasteiger partial charge in [0.1, 0.15) is 5.75 Å². The fourth-order valence-corrected chi connectivity index (χ4v) is 3.86. The van der Waals surface area contributed by atoms with E-state index in [1.807, 2.05) is 0 Å². The molecule has 20 heavy (non-hydrogen) atoms. The van der Waals surface area contributed by atoms with Crippen molar-refractivity contribution in [3.8, 4) is 5.75 Å². The van der Waals surface area contributed by atoms with Crippen molar-refractivity contribution < 1.29 is 4.74 Å². The topological polar surface area (TPSA) is 21.3 Å². The smallest absolute Gasteiger partial charge is 0.122 e. The van der Waals surface area contributed by atoms with Crippen LogP contribution in [0, 0.1) is 0 Å². The van der Waals surface area contributed by atoms with Crippen molar-refractivity contribution in [2.24, 2.45) is 0 Å². The van der Waals surface area contributed by atoms with Gasteiger partial charge in [0.15, 0.2) is 0 Å². The molecular weight excluding hydrogens is 246 g/mol. The first kappa shape index (κ1) is 12.0. The van der Waals surface area contributed by atoms with Crippen LogP contribution in [-0.4, -0.2) is 13.2 Å². The zero-order chi connectivity index (χ0) is 13.5. The van der Waals surface area contributed by atoms with Crippen LogP contribution < -0.4 is 10.1 Å². The van der Waals surface area contributed by atoms with Crippen molar-refractivity contribution in [1.82, 2.24) is 5.32 Å². The lowest BCUT2D eigenvalue weighted by Gasteiger charge is -2.39. The van der Waals surface area contributed by atoms with Gasteiger partial charge in [0, 0.05) is 18.5 Å². The monoisotopic (exact) mass is 265 g/mol. The molecule has 1 aliphatic heterocycles. The standard InChI is InChI=1S/C18H19NO/c1-20-17-8-4-7-15-14(17)9-10-16-18(15)13-6-3-2-5-12(13)11-19-16/h2-8,16,18-19H,9-11H2,1H3/t16-,18+/m1/s1. The van der Waals surface area contributed by atoms with Crippen molar-refractivity contribution in [2.75, 3.05) is 7.11 Å². The maximum absolute atomic E-state index is 5.56. The van der Waals surface area contributed by atoms with Crippen LogP contribution in [0.25, 0.3) is 0 Å². The number of hydrogen-bond donors (Lipinski definition) is 1. The molecule has 2 nitrogen and oxygen atoms in total. The highest BCUT2D eigenvalue weighted by atomic mass is 16.5. The molecule has 0 saturated carbocycles. The van der Waals surface area contributed by atoms with Gasteiger partial charge >= 0.3 is 0 Å². The zero-order valence-electron chi connectivity index (χ0n) is 11.7. The van der Waals surface area contributed by atoms with Gasteiger partial charge < -0.3 is 10.1 Å². The van der Waals surface area contributed by atoms with Gasteiger partial charge in [-0.25, -0.2) is 0 Å². The zero-order valence-corrected chi connectivity index (χ0v) is 11.7. The summed E-state index contributed by atoms with van der Waals surface area (Å²) in [6.07, 6.45) is 2.29. The van der Waals surface area contributed by atoms with E-state index < -0.39 is 0 Å². The molecule has 1 N–H and O–H groups in total. The summed E-state index contributed by atoms with van der Waals surface area (Å²) in [5.74, 6) is 1.52. The molecule has 2 aromatic rings. The largest absolute Gasteiger partial charge is 0.496 e. The van der Waals surface area contributed by atoms with Crippen molar-refractivity contribution in [3.05, 3.63) is 64.7 Å². The molecule has 0 spiro atoms. The van der Waals surface area contributed by atoms with E-state index >= 15 is 0 Å². The second-order valence-corrected chi connectivity index (χ2v) is 5.73. The van der Waals surface area contributed by atoms with Crippen LogP contribution >= 0.6 is 0 Å².